The Bertz CT molecular complexity index is 457. The first-order chi connectivity index (χ1) is 11.3. The van der Waals surface area contributed by atoms with E-state index in [4.69, 9.17) is 11.5 Å². The van der Waals surface area contributed by atoms with Crippen molar-refractivity contribution in [3.05, 3.63) is 0 Å². The average molecular weight is 344 g/mol. The molecule has 7 N–H and O–H groups in total. The summed E-state index contributed by atoms with van der Waals surface area (Å²) in [7, 11) is 0. The fourth-order valence-corrected chi connectivity index (χ4v) is 2.72. The van der Waals surface area contributed by atoms with E-state index in [1.807, 2.05) is 0 Å². The van der Waals surface area contributed by atoms with Gasteiger partial charge in [0.2, 0.25) is 11.8 Å². The van der Waals surface area contributed by atoms with Crippen molar-refractivity contribution < 1.29 is 24.6 Å². The van der Waals surface area contributed by atoms with Crippen LogP contribution in [0.25, 0.3) is 0 Å². The molecule has 9 nitrogen and oxygen atoms in total. The highest BCUT2D eigenvalue weighted by molar-refractivity contribution is 5.92. The van der Waals surface area contributed by atoms with Crippen molar-refractivity contribution in [3.8, 4) is 0 Å². The molecule has 0 aromatic heterocycles. The molecule has 1 aliphatic heterocycles. The van der Waals surface area contributed by atoms with Gasteiger partial charge in [0.15, 0.2) is 0 Å². The number of aliphatic hydroxyl groups excluding tert-OH is 1. The van der Waals surface area contributed by atoms with Crippen LogP contribution in [0.15, 0.2) is 0 Å². The SMILES string of the molecule is CC(O)C(N)C(=O)N1CCCC1C(=O)NC(CCCCN)C(=O)O. The molecule has 0 aliphatic carbocycles. The van der Waals surface area contributed by atoms with E-state index in [9.17, 15) is 24.6 Å². The third kappa shape index (κ3) is 5.43. The maximum atomic E-state index is 12.4. The van der Waals surface area contributed by atoms with Crippen LogP contribution in [0.4, 0.5) is 0 Å². The minimum atomic E-state index is -1.11. The molecule has 0 radical (unpaired) electrons. The molecule has 1 heterocycles. The van der Waals surface area contributed by atoms with Crippen molar-refractivity contribution in [2.75, 3.05) is 13.1 Å². The number of carbonyl (C=O) groups is 3. The molecule has 1 rings (SSSR count). The fourth-order valence-electron chi connectivity index (χ4n) is 2.72. The Labute approximate surface area is 141 Å². The summed E-state index contributed by atoms with van der Waals surface area (Å²) in [6.45, 7) is 2.23. The molecular weight excluding hydrogens is 316 g/mol. The number of hydrogen-bond donors (Lipinski definition) is 5. The van der Waals surface area contributed by atoms with Crippen LogP contribution in [0.2, 0.25) is 0 Å². The fraction of sp³-hybridized carbons (Fsp3) is 0.800. The zero-order valence-electron chi connectivity index (χ0n) is 14.0. The van der Waals surface area contributed by atoms with Crippen LogP contribution >= 0.6 is 0 Å². The molecule has 0 bridgehead atoms. The highest BCUT2D eigenvalue weighted by Crippen LogP contribution is 2.19. The van der Waals surface area contributed by atoms with Crippen molar-refractivity contribution in [3.63, 3.8) is 0 Å². The van der Waals surface area contributed by atoms with Gasteiger partial charge < -0.3 is 31.9 Å². The molecular formula is C15H28N4O5. The van der Waals surface area contributed by atoms with Crippen LogP contribution in [0.1, 0.15) is 39.0 Å². The van der Waals surface area contributed by atoms with Crippen LogP contribution in [-0.4, -0.2) is 70.2 Å². The number of nitrogens with zero attached hydrogens (tertiary/aromatic N) is 1. The normalized spacial score (nSPS) is 21.2. The molecule has 0 aromatic carbocycles. The summed E-state index contributed by atoms with van der Waals surface area (Å²) in [5.74, 6) is -2.12. The Balaban J connectivity index is 2.70. The van der Waals surface area contributed by atoms with Gasteiger partial charge in [0.25, 0.3) is 0 Å². The number of rotatable bonds is 9. The molecule has 138 valence electrons. The van der Waals surface area contributed by atoms with Crippen molar-refractivity contribution in [1.29, 1.82) is 0 Å². The first-order valence-electron chi connectivity index (χ1n) is 8.27. The number of carboxylic acids is 1. The zero-order chi connectivity index (χ0) is 18.3. The van der Waals surface area contributed by atoms with Gasteiger partial charge in [0.1, 0.15) is 18.1 Å². The van der Waals surface area contributed by atoms with Crippen LogP contribution in [0, 0.1) is 0 Å². The Hall–Kier alpha value is -1.71. The smallest absolute Gasteiger partial charge is 0.326 e. The third-order valence-electron chi connectivity index (χ3n) is 4.20. The topological polar surface area (TPSA) is 159 Å². The Morgan fingerprint density at radius 2 is 2.00 bits per heavy atom. The summed E-state index contributed by atoms with van der Waals surface area (Å²) < 4.78 is 0. The Kier molecular flexibility index (Phi) is 8.09. The van der Waals surface area contributed by atoms with Gasteiger partial charge in [-0.25, -0.2) is 4.79 Å². The number of nitrogens with one attached hydrogen (secondary N) is 1. The zero-order valence-corrected chi connectivity index (χ0v) is 14.0. The second-order valence-corrected chi connectivity index (χ2v) is 6.14. The number of nitrogens with two attached hydrogens (primary N) is 2. The minimum Gasteiger partial charge on any atom is -0.480 e. The van der Waals surface area contributed by atoms with E-state index in [-0.39, 0.29) is 6.42 Å². The Morgan fingerprint density at radius 3 is 2.54 bits per heavy atom. The predicted octanol–water partition coefficient (Wildman–Crippen LogP) is -1.62. The molecule has 24 heavy (non-hydrogen) atoms. The van der Waals surface area contributed by atoms with E-state index in [0.29, 0.717) is 38.8 Å². The standard InChI is InChI=1S/C15H28N4O5/c1-9(20)12(17)14(22)19-8-4-6-11(19)13(21)18-10(15(23)24)5-2-3-7-16/h9-12,20H,2-8,16-17H2,1H3,(H,18,21)(H,23,24). The number of hydrogen-bond acceptors (Lipinski definition) is 6. The number of aliphatic carboxylic acids is 1. The van der Waals surface area contributed by atoms with Gasteiger partial charge in [-0.3, -0.25) is 9.59 Å². The highest BCUT2D eigenvalue weighted by Gasteiger charge is 2.38. The molecule has 2 amide bonds. The van der Waals surface area contributed by atoms with Crippen LogP contribution in [0.3, 0.4) is 0 Å². The number of likely N-dealkylation sites (tertiary alicyclic amines) is 1. The maximum absolute atomic E-state index is 12.4. The predicted molar refractivity (Wildman–Crippen MR) is 86.9 cm³/mol. The quantitative estimate of drug-likeness (QED) is 0.314. The van der Waals surface area contributed by atoms with Gasteiger partial charge in [-0.1, -0.05) is 0 Å². The van der Waals surface area contributed by atoms with E-state index in [0.717, 1.165) is 0 Å². The lowest BCUT2D eigenvalue weighted by molar-refractivity contribution is -0.144. The molecule has 0 spiro atoms. The van der Waals surface area contributed by atoms with Crippen LogP contribution in [-0.2, 0) is 14.4 Å². The lowest BCUT2D eigenvalue weighted by Crippen LogP contribution is -2.55. The second-order valence-electron chi connectivity index (χ2n) is 6.14. The Morgan fingerprint density at radius 1 is 1.33 bits per heavy atom. The van der Waals surface area contributed by atoms with Gasteiger partial charge in [-0.15, -0.1) is 0 Å². The molecule has 0 saturated carbocycles. The molecule has 1 aliphatic rings. The van der Waals surface area contributed by atoms with E-state index in [2.05, 4.69) is 5.32 Å². The van der Waals surface area contributed by atoms with Gasteiger partial charge in [-0.05, 0) is 45.6 Å². The van der Waals surface area contributed by atoms with E-state index < -0.39 is 42.0 Å². The van der Waals surface area contributed by atoms with E-state index >= 15 is 0 Å². The summed E-state index contributed by atoms with van der Waals surface area (Å²) in [4.78, 5) is 37.3. The first-order valence-corrected chi connectivity index (χ1v) is 8.27. The third-order valence-corrected chi connectivity index (χ3v) is 4.20. The molecule has 9 heteroatoms. The molecule has 4 unspecified atom stereocenters. The highest BCUT2D eigenvalue weighted by atomic mass is 16.4. The van der Waals surface area contributed by atoms with Gasteiger partial charge >= 0.3 is 5.97 Å². The van der Waals surface area contributed by atoms with E-state index in [1.165, 1.54) is 11.8 Å². The number of unbranched alkanes of at least 4 members (excludes halogenated alkanes) is 1. The van der Waals surface area contributed by atoms with Gasteiger partial charge in [0, 0.05) is 6.54 Å². The van der Waals surface area contributed by atoms with E-state index in [1.54, 1.807) is 0 Å². The second kappa shape index (κ2) is 9.55. The van der Waals surface area contributed by atoms with Crippen molar-refractivity contribution in [2.45, 2.75) is 63.3 Å². The van der Waals surface area contributed by atoms with Crippen LogP contribution < -0.4 is 16.8 Å². The first kappa shape index (κ1) is 20.3. The summed E-state index contributed by atoms with van der Waals surface area (Å²) in [6.07, 6.45) is 1.60. The molecule has 1 fully saturated rings. The largest absolute Gasteiger partial charge is 0.480 e. The monoisotopic (exact) mass is 344 g/mol. The van der Waals surface area contributed by atoms with Crippen molar-refractivity contribution >= 4 is 17.8 Å². The van der Waals surface area contributed by atoms with Crippen molar-refractivity contribution in [1.82, 2.24) is 10.2 Å². The summed E-state index contributed by atoms with van der Waals surface area (Å²) in [6, 6.07) is -2.86. The number of amides is 2. The van der Waals surface area contributed by atoms with Gasteiger partial charge in [0.05, 0.1) is 6.10 Å². The molecule has 1 saturated heterocycles. The lowest BCUT2D eigenvalue weighted by atomic mass is 10.1. The summed E-state index contributed by atoms with van der Waals surface area (Å²) in [5.41, 5.74) is 11.0. The van der Waals surface area contributed by atoms with Gasteiger partial charge in [-0.2, -0.15) is 0 Å². The minimum absolute atomic E-state index is 0.284. The van der Waals surface area contributed by atoms with Crippen LogP contribution in [0.5, 0.6) is 0 Å². The summed E-state index contributed by atoms with van der Waals surface area (Å²) in [5, 5.41) is 21.2. The number of aliphatic hydroxyl groups is 1. The maximum Gasteiger partial charge on any atom is 0.326 e. The number of carbonyl (C=O) groups excluding carboxylic acids is 2. The molecule has 0 aromatic rings. The van der Waals surface area contributed by atoms with Crippen molar-refractivity contribution in [2.24, 2.45) is 11.5 Å². The summed E-state index contributed by atoms with van der Waals surface area (Å²) >= 11 is 0. The molecule has 4 atom stereocenters. The number of carboxylic acid groups (broad SMARTS) is 1. The lowest BCUT2D eigenvalue weighted by Gasteiger charge is -2.28. The average Bonchev–Trinajstić information content (AvgIpc) is 3.01.